The first-order valence-corrected chi connectivity index (χ1v) is 10.3. The van der Waals surface area contributed by atoms with Gasteiger partial charge in [0.2, 0.25) is 0 Å². The second-order valence-electron chi connectivity index (χ2n) is 6.70. The molecule has 0 spiro atoms. The normalized spacial score (nSPS) is 10.5. The number of carbonyl (C=O) groups excluding carboxylic acids is 2. The fourth-order valence-corrected chi connectivity index (χ4v) is 3.66. The summed E-state index contributed by atoms with van der Waals surface area (Å²) >= 11 is 1.38. The zero-order valence-electron chi connectivity index (χ0n) is 16.1. The average molecular weight is 417 g/mol. The summed E-state index contributed by atoms with van der Waals surface area (Å²) in [5.74, 6) is -0.319. The molecule has 2 N–H and O–H groups in total. The Morgan fingerprint density at radius 1 is 0.933 bits per heavy atom. The van der Waals surface area contributed by atoms with Crippen molar-refractivity contribution in [3.05, 3.63) is 106 Å². The van der Waals surface area contributed by atoms with E-state index >= 15 is 0 Å². The zero-order valence-corrected chi connectivity index (χ0v) is 16.9. The lowest BCUT2D eigenvalue weighted by atomic mass is 10.1. The maximum Gasteiger partial charge on any atom is 0.265 e. The molecule has 0 saturated heterocycles. The Hall–Kier alpha value is -3.71. The van der Waals surface area contributed by atoms with E-state index in [1.807, 2.05) is 46.5 Å². The molecule has 2 aromatic carbocycles. The van der Waals surface area contributed by atoms with Crippen molar-refractivity contribution in [3.63, 3.8) is 0 Å². The van der Waals surface area contributed by atoms with Crippen molar-refractivity contribution in [2.24, 2.45) is 0 Å². The third-order valence-electron chi connectivity index (χ3n) is 4.62. The summed E-state index contributed by atoms with van der Waals surface area (Å²) in [6, 6.07) is 18.5. The number of carbonyl (C=O) groups is 2. The van der Waals surface area contributed by atoms with Gasteiger partial charge in [0.05, 0.1) is 11.2 Å². The first kappa shape index (κ1) is 19.6. The lowest BCUT2D eigenvalue weighted by Gasteiger charge is -2.12. The van der Waals surface area contributed by atoms with Crippen molar-refractivity contribution in [1.29, 1.82) is 0 Å². The molecule has 0 aliphatic rings. The first-order valence-electron chi connectivity index (χ1n) is 9.45. The Morgan fingerprint density at radius 2 is 1.73 bits per heavy atom. The molecule has 0 bridgehead atoms. The van der Waals surface area contributed by atoms with Crippen molar-refractivity contribution in [3.8, 4) is 0 Å². The summed E-state index contributed by atoms with van der Waals surface area (Å²) in [4.78, 5) is 29.4. The SMILES string of the molecule is O=C(NCc1ccccc1Cn1ccnc1)c1ccc(NC(=O)c2cccs2)cc1. The Bertz CT molecular complexity index is 1120. The van der Waals surface area contributed by atoms with Crippen LogP contribution in [0, 0.1) is 0 Å². The molecule has 30 heavy (non-hydrogen) atoms. The van der Waals surface area contributed by atoms with Crippen molar-refractivity contribution in [2.45, 2.75) is 13.1 Å². The minimum absolute atomic E-state index is 0.156. The predicted octanol–water partition coefficient (Wildman–Crippen LogP) is 4.18. The molecule has 0 unspecified atom stereocenters. The van der Waals surface area contributed by atoms with Gasteiger partial charge in [-0.3, -0.25) is 9.59 Å². The number of thiophene rings is 1. The van der Waals surface area contributed by atoms with Gasteiger partial charge in [-0.05, 0) is 46.8 Å². The summed E-state index contributed by atoms with van der Waals surface area (Å²) in [6.07, 6.45) is 5.43. The summed E-state index contributed by atoms with van der Waals surface area (Å²) in [6.45, 7) is 1.13. The molecular weight excluding hydrogens is 396 g/mol. The van der Waals surface area contributed by atoms with Gasteiger partial charge >= 0.3 is 0 Å². The van der Waals surface area contributed by atoms with Crippen molar-refractivity contribution >= 4 is 28.8 Å². The predicted molar refractivity (Wildman–Crippen MR) is 118 cm³/mol. The molecule has 4 rings (SSSR count). The van der Waals surface area contributed by atoms with Gasteiger partial charge in [-0.15, -0.1) is 11.3 Å². The van der Waals surface area contributed by atoms with Crippen LogP contribution in [0.2, 0.25) is 0 Å². The number of amides is 2. The monoisotopic (exact) mass is 416 g/mol. The Morgan fingerprint density at radius 3 is 2.43 bits per heavy atom. The lowest BCUT2D eigenvalue weighted by molar-refractivity contribution is 0.0950. The minimum Gasteiger partial charge on any atom is -0.348 e. The molecule has 2 amide bonds. The number of hydrogen-bond donors (Lipinski definition) is 2. The average Bonchev–Trinajstić information content (AvgIpc) is 3.48. The van der Waals surface area contributed by atoms with Gasteiger partial charge in [0.25, 0.3) is 11.8 Å². The highest BCUT2D eigenvalue weighted by Gasteiger charge is 2.10. The summed E-state index contributed by atoms with van der Waals surface area (Å²) in [5.41, 5.74) is 3.37. The van der Waals surface area contributed by atoms with E-state index in [1.54, 1.807) is 42.9 Å². The fourth-order valence-electron chi connectivity index (χ4n) is 3.04. The van der Waals surface area contributed by atoms with Crippen molar-refractivity contribution < 1.29 is 9.59 Å². The molecule has 2 aromatic heterocycles. The Labute approximate surface area is 178 Å². The highest BCUT2D eigenvalue weighted by atomic mass is 32.1. The third-order valence-corrected chi connectivity index (χ3v) is 5.49. The molecule has 0 radical (unpaired) electrons. The van der Waals surface area contributed by atoms with E-state index in [0.29, 0.717) is 29.2 Å². The fraction of sp³-hybridized carbons (Fsp3) is 0.0870. The van der Waals surface area contributed by atoms with E-state index in [2.05, 4.69) is 15.6 Å². The van der Waals surface area contributed by atoms with Gasteiger partial charge in [0.15, 0.2) is 0 Å². The van der Waals surface area contributed by atoms with Crippen LogP contribution in [0.5, 0.6) is 0 Å². The van der Waals surface area contributed by atoms with Crippen LogP contribution >= 0.6 is 11.3 Å². The number of rotatable bonds is 7. The van der Waals surface area contributed by atoms with Gasteiger partial charge in [-0.2, -0.15) is 0 Å². The van der Waals surface area contributed by atoms with Crippen LogP contribution in [0.15, 0.2) is 84.8 Å². The maximum atomic E-state index is 12.6. The molecule has 4 aromatic rings. The quantitative estimate of drug-likeness (QED) is 0.475. The van der Waals surface area contributed by atoms with E-state index in [9.17, 15) is 9.59 Å². The number of aromatic nitrogens is 2. The summed E-state index contributed by atoms with van der Waals surface area (Å²) in [7, 11) is 0. The van der Waals surface area contributed by atoms with Gasteiger partial charge in [0, 0.05) is 36.7 Å². The Balaban J connectivity index is 1.36. The second kappa shape index (κ2) is 9.19. The van der Waals surface area contributed by atoms with Gasteiger partial charge < -0.3 is 15.2 Å². The molecule has 150 valence electrons. The molecule has 0 aliphatic heterocycles. The minimum atomic E-state index is -0.163. The van der Waals surface area contributed by atoms with E-state index in [4.69, 9.17) is 0 Å². The van der Waals surface area contributed by atoms with Crippen LogP contribution in [-0.4, -0.2) is 21.4 Å². The summed E-state index contributed by atoms with van der Waals surface area (Å²) < 4.78 is 1.99. The molecule has 0 fully saturated rings. The number of nitrogens with one attached hydrogen (secondary N) is 2. The van der Waals surface area contributed by atoms with Crippen LogP contribution < -0.4 is 10.6 Å². The molecule has 7 heteroatoms. The topological polar surface area (TPSA) is 76.0 Å². The number of benzene rings is 2. The lowest BCUT2D eigenvalue weighted by Crippen LogP contribution is -2.23. The Kier molecular flexibility index (Phi) is 6.01. The third kappa shape index (κ3) is 4.82. The standard InChI is InChI=1S/C23H20N4O2S/c28-22(17-7-9-20(10-8-17)26-23(29)21-6-3-13-30-21)25-14-18-4-1-2-5-19(18)15-27-12-11-24-16-27/h1-13,16H,14-15H2,(H,25,28)(H,26,29). The highest BCUT2D eigenvalue weighted by Crippen LogP contribution is 2.15. The second-order valence-corrected chi connectivity index (χ2v) is 7.64. The van der Waals surface area contributed by atoms with E-state index < -0.39 is 0 Å². The van der Waals surface area contributed by atoms with Crippen LogP contribution in [0.25, 0.3) is 0 Å². The molecule has 0 atom stereocenters. The number of hydrogen-bond acceptors (Lipinski definition) is 4. The highest BCUT2D eigenvalue weighted by molar-refractivity contribution is 7.12. The van der Waals surface area contributed by atoms with Gasteiger partial charge in [-0.1, -0.05) is 30.3 Å². The van der Waals surface area contributed by atoms with Crippen LogP contribution in [-0.2, 0) is 13.1 Å². The smallest absolute Gasteiger partial charge is 0.265 e. The maximum absolute atomic E-state index is 12.6. The number of nitrogens with zero attached hydrogens (tertiary/aromatic N) is 2. The summed E-state index contributed by atoms with van der Waals surface area (Å²) in [5, 5.41) is 7.65. The van der Waals surface area contributed by atoms with Crippen LogP contribution in [0.4, 0.5) is 5.69 Å². The first-order chi connectivity index (χ1) is 14.7. The van der Waals surface area contributed by atoms with E-state index in [1.165, 1.54) is 11.3 Å². The largest absolute Gasteiger partial charge is 0.348 e. The van der Waals surface area contributed by atoms with E-state index in [-0.39, 0.29) is 11.8 Å². The van der Waals surface area contributed by atoms with Crippen molar-refractivity contribution in [1.82, 2.24) is 14.9 Å². The molecular formula is C23H20N4O2S. The van der Waals surface area contributed by atoms with E-state index in [0.717, 1.165) is 11.1 Å². The van der Waals surface area contributed by atoms with Crippen LogP contribution in [0.3, 0.4) is 0 Å². The van der Waals surface area contributed by atoms with Gasteiger partial charge in [0.1, 0.15) is 0 Å². The van der Waals surface area contributed by atoms with Crippen LogP contribution in [0.1, 0.15) is 31.2 Å². The molecule has 0 saturated carbocycles. The van der Waals surface area contributed by atoms with Gasteiger partial charge in [-0.25, -0.2) is 4.98 Å². The molecule has 0 aliphatic carbocycles. The zero-order chi connectivity index (χ0) is 20.8. The molecule has 2 heterocycles. The van der Waals surface area contributed by atoms with Crippen molar-refractivity contribution in [2.75, 3.05) is 5.32 Å². The molecule has 6 nitrogen and oxygen atoms in total. The number of imidazole rings is 1. The number of anilines is 1.